The van der Waals surface area contributed by atoms with E-state index in [0.29, 0.717) is 16.8 Å². The van der Waals surface area contributed by atoms with E-state index < -0.39 is 21.8 Å². The van der Waals surface area contributed by atoms with E-state index in [1.54, 1.807) is 39.8 Å². The predicted octanol–water partition coefficient (Wildman–Crippen LogP) is 4.23. The molecule has 9 heteroatoms. The first-order valence-corrected chi connectivity index (χ1v) is 10.9. The zero-order valence-corrected chi connectivity index (χ0v) is 18.6. The van der Waals surface area contributed by atoms with Crippen LogP contribution in [0.2, 0.25) is 0 Å². The molecule has 29 heavy (non-hydrogen) atoms. The molecule has 158 valence electrons. The van der Waals surface area contributed by atoms with E-state index >= 15 is 0 Å². The van der Waals surface area contributed by atoms with Crippen LogP contribution in [-0.4, -0.2) is 25.1 Å². The first-order valence-electron chi connectivity index (χ1n) is 8.94. The number of hydrogen-bond acceptors (Lipinski definition) is 6. The molecule has 1 aromatic heterocycles. The normalized spacial score (nSPS) is 11.8. The van der Waals surface area contributed by atoms with Crippen LogP contribution in [0, 0.1) is 13.8 Å². The van der Waals surface area contributed by atoms with Crippen molar-refractivity contribution in [1.29, 1.82) is 0 Å². The second-order valence-electron chi connectivity index (χ2n) is 7.52. The Bertz CT molecular complexity index is 983. The average Bonchev–Trinajstić information content (AvgIpc) is 2.61. The summed E-state index contributed by atoms with van der Waals surface area (Å²) in [5, 5.41) is 2.61. The lowest BCUT2D eigenvalue weighted by atomic mass is 10.1. The standard InChI is InChI=1S/C20H25ClN2O5S/c1-13-6-8-16(9-7-13)29(25,26)28-18-14(2)22-11-15(10-21)17(18)12-23-19(24)27-20(3,4)5/h6-9,11H,10,12H2,1-5H3,(H,23,24). The number of carbonyl (C=O) groups excluding carboxylic acids is 1. The largest absolute Gasteiger partial charge is 0.444 e. The van der Waals surface area contributed by atoms with Crippen molar-refractivity contribution in [3.63, 3.8) is 0 Å². The SMILES string of the molecule is Cc1ccc(S(=O)(=O)Oc2c(C)ncc(CCl)c2CNC(=O)OC(C)(C)C)cc1. The average molecular weight is 441 g/mol. The molecule has 0 fully saturated rings. The molecular weight excluding hydrogens is 416 g/mol. The third-order valence-corrected chi connectivity index (χ3v) is 5.38. The number of alkyl halides is 1. The summed E-state index contributed by atoms with van der Waals surface area (Å²) >= 11 is 5.99. The second-order valence-corrected chi connectivity index (χ2v) is 9.33. The molecule has 0 aliphatic rings. The summed E-state index contributed by atoms with van der Waals surface area (Å²) in [7, 11) is -4.09. The third kappa shape index (κ3) is 6.33. The smallest absolute Gasteiger partial charge is 0.407 e. The zero-order valence-electron chi connectivity index (χ0n) is 17.1. The van der Waals surface area contributed by atoms with Gasteiger partial charge in [0.15, 0.2) is 5.75 Å². The molecular formula is C20H25ClN2O5S. The van der Waals surface area contributed by atoms with Crippen LogP contribution in [0.3, 0.4) is 0 Å². The van der Waals surface area contributed by atoms with Crippen LogP contribution in [0.25, 0.3) is 0 Å². The number of aromatic nitrogens is 1. The monoisotopic (exact) mass is 440 g/mol. The highest BCUT2D eigenvalue weighted by molar-refractivity contribution is 7.87. The molecule has 1 aromatic carbocycles. The Morgan fingerprint density at radius 3 is 2.34 bits per heavy atom. The van der Waals surface area contributed by atoms with Gasteiger partial charge in [-0.2, -0.15) is 8.42 Å². The highest BCUT2D eigenvalue weighted by atomic mass is 35.5. The van der Waals surface area contributed by atoms with Gasteiger partial charge in [0.2, 0.25) is 0 Å². The van der Waals surface area contributed by atoms with E-state index in [1.165, 1.54) is 18.3 Å². The van der Waals surface area contributed by atoms with Gasteiger partial charge in [0.1, 0.15) is 10.5 Å². The maximum absolute atomic E-state index is 12.7. The number of halogens is 1. The van der Waals surface area contributed by atoms with Crippen LogP contribution in [0.4, 0.5) is 4.79 Å². The molecule has 1 N–H and O–H groups in total. The van der Waals surface area contributed by atoms with Crippen LogP contribution in [0.1, 0.15) is 43.2 Å². The molecule has 0 atom stereocenters. The topological polar surface area (TPSA) is 94.6 Å². The summed E-state index contributed by atoms with van der Waals surface area (Å²) in [6.07, 6.45) is 0.889. The van der Waals surface area contributed by atoms with Crippen molar-refractivity contribution in [3.8, 4) is 5.75 Å². The zero-order chi connectivity index (χ0) is 21.8. The van der Waals surface area contributed by atoms with Crippen LogP contribution in [0.15, 0.2) is 35.4 Å². The molecule has 0 spiro atoms. The molecule has 0 unspecified atom stereocenters. The number of pyridine rings is 1. The number of hydrogen-bond donors (Lipinski definition) is 1. The lowest BCUT2D eigenvalue weighted by Gasteiger charge is -2.21. The van der Waals surface area contributed by atoms with Gasteiger partial charge in [0.05, 0.1) is 12.2 Å². The lowest BCUT2D eigenvalue weighted by Crippen LogP contribution is -2.32. The third-order valence-electron chi connectivity index (χ3n) is 3.86. The van der Waals surface area contributed by atoms with Gasteiger partial charge in [-0.05, 0) is 52.3 Å². The van der Waals surface area contributed by atoms with Crippen LogP contribution in [0.5, 0.6) is 5.75 Å². The molecule has 1 amide bonds. The molecule has 2 aromatic rings. The van der Waals surface area contributed by atoms with Gasteiger partial charge in [0, 0.05) is 17.6 Å². The Morgan fingerprint density at radius 1 is 1.17 bits per heavy atom. The fourth-order valence-electron chi connectivity index (χ4n) is 2.43. The minimum atomic E-state index is -4.09. The van der Waals surface area contributed by atoms with Crippen molar-refractivity contribution in [2.75, 3.05) is 0 Å². The first-order chi connectivity index (χ1) is 13.4. The number of ether oxygens (including phenoxy) is 1. The molecule has 0 saturated heterocycles. The van der Waals surface area contributed by atoms with Crippen molar-refractivity contribution < 1.29 is 22.1 Å². The van der Waals surface area contributed by atoms with E-state index in [1.807, 2.05) is 6.92 Å². The molecule has 0 bridgehead atoms. The fourth-order valence-corrected chi connectivity index (χ4v) is 3.67. The number of nitrogens with one attached hydrogen (secondary N) is 1. The molecule has 0 radical (unpaired) electrons. The van der Waals surface area contributed by atoms with Crippen LogP contribution < -0.4 is 9.50 Å². The number of alkyl carbamates (subject to hydrolysis) is 1. The second kappa shape index (κ2) is 9.00. The maximum Gasteiger partial charge on any atom is 0.407 e. The van der Waals surface area contributed by atoms with Crippen molar-refractivity contribution in [3.05, 3.63) is 52.8 Å². The Hall–Kier alpha value is -2.32. The maximum atomic E-state index is 12.7. The molecule has 0 aliphatic heterocycles. The fraction of sp³-hybridized carbons (Fsp3) is 0.400. The summed E-state index contributed by atoms with van der Waals surface area (Å²) in [5.41, 5.74) is 1.59. The van der Waals surface area contributed by atoms with Gasteiger partial charge in [0.25, 0.3) is 0 Å². The quantitative estimate of drug-likeness (QED) is 0.533. The molecule has 0 aliphatic carbocycles. The van der Waals surface area contributed by atoms with Gasteiger partial charge in [-0.15, -0.1) is 11.6 Å². The summed E-state index contributed by atoms with van der Waals surface area (Å²) in [4.78, 5) is 16.2. The summed E-state index contributed by atoms with van der Waals surface area (Å²) in [6.45, 7) is 8.69. The Kier molecular flexibility index (Phi) is 7.13. The highest BCUT2D eigenvalue weighted by Crippen LogP contribution is 2.29. The molecule has 2 rings (SSSR count). The molecule has 0 saturated carbocycles. The van der Waals surface area contributed by atoms with E-state index in [2.05, 4.69) is 10.3 Å². The minimum absolute atomic E-state index is 0.0184. The van der Waals surface area contributed by atoms with E-state index in [4.69, 9.17) is 20.5 Å². The van der Waals surface area contributed by atoms with Crippen molar-refractivity contribution >= 4 is 27.8 Å². The Morgan fingerprint density at radius 2 is 1.79 bits per heavy atom. The van der Waals surface area contributed by atoms with E-state index in [9.17, 15) is 13.2 Å². The minimum Gasteiger partial charge on any atom is -0.444 e. The number of amides is 1. The van der Waals surface area contributed by atoms with Gasteiger partial charge in [-0.3, -0.25) is 4.98 Å². The first kappa shape index (κ1) is 23.0. The molecule has 7 nitrogen and oxygen atoms in total. The van der Waals surface area contributed by atoms with E-state index in [-0.39, 0.29) is 23.1 Å². The highest BCUT2D eigenvalue weighted by Gasteiger charge is 2.23. The van der Waals surface area contributed by atoms with Crippen molar-refractivity contribution in [2.45, 2.75) is 57.5 Å². The van der Waals surface area contributed by atoms with Crippen LogP contribution in [-0.2, 0) is 27.3 Å². The molecule has 1 heterocycles. The Balaban J connectivity index is 2.36. The number of rotatable bonds is 6. The summed E-state index contributed by atoms with van der Waals surface area (Å²) in [6, 6.07) is 6.30. The van der Waals surface area contributed by atoms with Gasteiger partial charge < -0.3 is 14.2 Å². The Labute approximate surface area is 176 Å². The summed E-state index contributed by atoms with van der Waals surface area (Å²) in [5.74, 6) is 0.110. The predicted molar refractivity (Wildman–Crippen MR) is 111 cm³/mol. The van der Waals surface area contributed by atoms with Crippen molar-refractivity contribution in [2.24, 2.45) is 0 Å². The van der Waals surface area contributed by atoms with Crippen molar-refractivity contribution in [1.82, 2.24) is 10.3 Å². The van der Waals surface area contributed by atoms with Crippen LogP contribution >= 0.6 is 11.6 Å². The summed E-state index contributed by atoms with van der Waals surface area (Å²) < 4.78 is 36.1. The van der Waals surface area contributed by atoms with Gasteiger partial charge in [-0.25, -0.2) is 4.79 Å². The number of benzene rings is 1. The number of carbonyl (C=O) groups is 1. The van der Waals surface area contributed by atoms with E-state index in [0.717, 1.165) is 5.56 Å². The number of aryl methyl sites for hydroxylation is 2. The number of nitrogens with zero attached hydrogens (tertiary/aromatic N) is 1. The lowest BCUT2D eigenvalue weighted by molar-refractivity contribution is 0.0523. The van der Waals surface area contributed by atoms with Gasteiger partial charge in [-0.1, -0.05) is 17.7 Å². The van der Waals surface area contributed by atoms with Gasteiger partial charge >= 0.3 is 16.2 Å².